The van der Waals surface area contributed by atoms with Crippen molar-refractivity contribution >= 4 is 17.8 Å². The molecule has 154 valence electrons. The number of carbonyl (C=O) groups excluding carboxylic acids is 3. The number of carboxylic acids is 1. The van der Waals surface area contributed by atoms with Gasteiger partial charge >= 0.3 is 0 Å². The minimum absolute atomic E-state index is 0.217. The molecule has 0 spiro atoms. The Kier molecular flexibility index (Phi) is 7.47. The monoisotopic (exact) mass is 399 g/mol. The van der Waals surface area contributed by atoms with Gasteiger partial charge in [0.1, 0.15) is 11.9 Å². The van der Waals surface area contributed by atoms with E-state index in [2.05, 4.69) is 10.6 Å². The van der Waals surface area contributed by atoms with Crippen LogP contribution in [0.3, 0.4) is 0 Å². The molecule has 6 nitrogen and oxygen atoms in total. The number of halogens is 1. The Bertz CT molecular complexity index is 863. The maximum atomic E-state index is 13.1. The van der Waals surface area contributed by atoms with Gasteiger partial charge in [-0.25, -0.2) is 4.39 Å². The van der Waals surface area contributed by atoms with Crippen molar-refractivity contribution in [1.29, 1.82) is 0 Å². The number of carbonyl (C=O) groups is 3. The summed E-state index contributed by atoms with van der Waals surface area (Å²) in [4.78, 5) is 36.4. The van der Waals surface area contributed by atoms with E-state index in [0.29, 0.717) is 5.56 Å². The summed E-state index contributed by atoms with van der Waals surface area (Å²) in [5.74, 6) is -3.07. The smallest absolute Gasteiger partial charge is 0.251 e. The van der Waals surface area contributed by atoms with Crippen molar-refractivity contribution in [2.75, 3.05) is 0 Å². The molecule has 0 aliphatic carbocycles. The second-order valence-corrected chi connectivity index (χ2v) is 7.25. The van der Waals surface area contributed by atoms with E-state index < -0.39 is 42.1 Å². The van der Waals surface area contributed by atoms with Crippen molar-refractivity contribution in [3.05, 3.63) is 71.0 Å². The van der Waals surface area contributed by atoms with E-state index >= 15 is 0 Å². The van der Waals surface area contributed by atoms with Gasteiger partial charge in [-0.1, -0.05) is 43.7 Å². The molecule has 2 aromatic carbocycles. The lowest BCUT2D eigenvalue weighted by atomic mass is 9.99. The zero-order chi connectivity index (χ0) is 21.6. The van der Waals surface area contributed by atoms with Crippen LogP contribution in [-0.4, -0.2) is 23.8 Å². The topological polar surface area (TPSA) is 98.3 Å². The minimum atomic E-state index is -1.30. The number of aliphatic carboxylic acids is 1. The van der Waals surface area contributed by atoms with E-state index in [4.69, 9.17) is 0 Å². The first-order chi connectivity index (χ1) is 13.7. The Morgan fingerprint density at radius 1 is 0.966 bits per heavy atom. The first-order valence-electron chi connectivity index (χ1n) is 9.30. The predicted octanol–water partition coefficient (Wildman–Crippen LogP) is 1.89. The first kappa shape index (κ1) is 22.1. The van der Waals surface area contributed by atoms with Crippen LogP contribution < -0.4 is 15.7 Å². The fourth-order valence-corrected chi connectivity index (χ4v) is 2.84. The van der Waals surface area contributed by atoms with E-state index in [1.165, 1.54) is 12.1 Å². The number of amides is 2. The van der Waals surface area contributed by atoms with Gasteiger partial charge in [-0.15, -0.1) is 0 Å². The molecule has 0 heterocycles. The van der Waals surface area contributed by atoms with Crippen LogP contribution in [0.4, 0.5) is 4.39 Å². The lowest BCUT2D eigenvalue weighted by molar-refractivity contribution is -0.306. The molecular formula is C22H24FN2O4-. The first-order valence-corrected chi connectivity index (χ1v) is 9.30. The standard InChI is InChI=1S/C22H25FN2O4/c1-13(2)20(25-21(28)16-8-10-17(23)11-9-16)22(29)24-18(12-19(26)27)15-6-4-14(3)5-7-15/h4-11,13,18,20H,12H2,1-3H3,(H,24,29)(H,25,28)(H,26,27)/p-1/t18-,20-/m1/s1. The van der Waals surface area contributed by atoms with Gasteiger partial charge in [-0.05, 0) is 42.7 Å². The van der Waals surface area contributed by atoms with Crippen LogP contribution in [0.2, 0.25) is 0 Å². The number of benzene rings is 2. The van der Waals surface area contributed by atoms with Gasteiger partial charge in [0, 0.05) is 18.0 Å². The highest BCUT2D eigenvalue weighted by Gasteiger charge is 2.27. The fraction of sp³-hybridized carbons (Fsp3) is 0.318. The maximum absolute atomic E-state index is 13.1. The second-order valence-electron chi connectivity index (χ2n) is 7.25. The lowest BCUT2D eigenvalue weighted by Gasteiger charge is -2.26. The van der Waals surface area contributed by atoms with Gasteiger partial charge < -0.3 is 20.5 Å². The summed E-state index contributed by atoms with van der Waals surface area (Å²) in [6.07, 6.45) is -0.397. The number of hydrogen-bond acceptors (Lipinski definition) is 4. The van der Waals surface area contributed by atoms with Crippen molar-refractivity contribution in [2.24, 2.45) is 5.92 Å². The largest absolute Gasteiger partial charge is 0.550 e. The van der Waals surface area contributed by atoms with Crippen molar-refractivity contribution < 1.29 is 23.9 Å². The highest BCUT2D eigenvalue weighted by atomic mass is 19.1. The maximum Gasteiger partial charge on any atom is 0.251 e. The Hall–Kier alpha value is -3.22. The van der Waals surface area contributed by atoms with Crippen molar-refractivity contribution in [1.82, 2.24) is 10.6 Å². The number of hydrogen-bond donors (Lipinski definition) is 2. The third kappa shape index (κ3) is 6.41. The third-order valence-corrected chi connectivity index (χ3v) is 4.51. The minimum Gasteiger partial charge on any atom is -0.550 e. The number of nitrogens with one attached hydrogen (secondary N) is 2. The zero-order valence-electron chi connectivity index (χ0n) is 16.6. The molecule has 0 saturated heterocycles. The molecule has 0 bridgehead atoms. The summed E-state index contributed by atoms with van der Waals surface area (Å²) < 4.78 is 13.1. The summed E-state index contributed by atoms with van der Waals surface area (Å²) in [6.45, 7) is 5.42. The Morgan fingerprint density at radius 3 is 2.07 bits per heavy atom. The van der Waals surface area contributed by atoms with Crippen molar-refractivity contribution in [2.45, 2.75) is 39.3 Å². The normalized spacial score (nSPS) is 12.9. The highest BCUT2D eigenvalue weighted by Crippen LogP contribution is 2.18. The Balaban J connectivity index is 2.16. The summed E-state index contributed by atoms with van der Waals surface area (Å²) in [5.41, 5.74) is 1.84. The van der Waals surface area contributed by atoms with Crippen molar-refractivity contribution in [3.8, 4) is 0 Å². The summed E-state index contributed by atoms with van der Waals surface area (Å²) in [6, 6.07) is 10.4. The molecule has 2 N–H and O–H groups in total. The van der Waals surface area contributed by atoms with Gasteiger partial charge in [0.2, 0.25) is 5.91 Å². The quantitative estimate of drug-likeness (QED) is 0.708. The van der Waals surface area contributed by atoms with Gasteiger partial charge in [-0.2, -0.15) is 0 Å². The van der Waals surface area contributed by atoms with Crippen LogP contribution >= 0.6 is 0 Å². The Labute approximate surface area is 169 Å². The average Bonchev–Trinajstić information content (AvgIpc) is 2.65. The van der Waals surface area contributed by atoms with E-state index in [1.54, 1.807) is 26.0 Å². The van der Waals surface area contributed by atoms with Crippen LogP contribution in [-0.2, 0) is 9.59 Å². The van der Waals surface area contributed by atoms with Crippen LogP contribution in [0.1, 0.15) is 47.8 Å². The summed E-state index contributed by atoms with van der Waals surface area (Å²) in [5, 5.41) is 16.5. The molecule has 0 radical (unpaired) electrons. The SMILES string of the molecule is Cc1ccc([C@@H](CC(=O)[O-])NC(=O)[C@H](NC(=O)c2ccc(F)cc2)C(C)C)cc1. The summed E-state index contributed by atoms with van der Waals surface area (Å²) >= 11 is 0. The number of carboxylic acid groups (broad SMARTS) is 1. The van der Waals surface area contributed by atoms with Crippen molar-refractivity contribution in [3.63, 3.8) is 0 Å². The Morgan fingerprint density at radius 2 is 1.55 bits per heavy atom. The highest BCUT2D eigenvalue weighted by molar-refractivity contribution is 5.97. The fourth-order valence-electron chi connectivity index (χ4n) is 2.84. The predicted molar refractivity (Wildman–Crippen MR) is 104 cm³/mol. The molecule has 0 aromatic heterocycles. The van der Waals surface area contributed by atoms with E-state index in [0.717, 1.165) is 17.7 Å². The molecule has 0 fully saturated rings. The number of rotatable bonds is 8. The molecule has 2 amide bonds. The molecule has 2 rings (SSSR count). The average molecular weight is 399 g/mol. The summed E-state index contributed by atoms with van der Waals surface area (Å²) in [7, 11) is 0. The molecule has 0 aliphatic heterocycles. The van der Waals surface area contributed by atoms with E-state index in [-0.39, 0.29) is 11.5 Å². The molecule has 0 aliphatic rings. The van der Waals surface area contributed by atoms with Gasteiger partial charge in [0.05, 0.1) is 6.04 Å². The molecule has 2 aromatic rings. The van der Waals surface area contributed by atoms with Crippen LogP contribution in [0.15, 0.2) is 48.5 Å². The molecule has 0 saturated carbocycles. The van der Waals surface area contributed by atoms with Crippen LogP contribution in [0.5, 0.6) is 0 Å². The third-order valence-electron chi connectivity index (χ3n) is 4.51. The van der Waals surface area contributed by atoms with Gasteiger partial charge in [-0.3, -0.25) is 9.59 Å². The van der Waals surface area contributed by atoms with Gasteiger partial charge in [0.25, 0.3) is 5.91 Å². The molecule has 7 heteroatoms. The molecular weight excluding hydrogens is 375 g/mol. The lowest BCUT2D eigenvalue weighted by Crippen LogP contribution is -2.51. The van der Waals surface area contributed by atoms with E-state index in [9.17, 15) is 23.9 Å². The molecule has 2 atom stereocenters. The van der Waals surface area contributed by atoms with Crippen LogP contribution in [0.25, 0.3) is 0 Å². The second kappa shape index (κ2) is 9.82. The molecule has 29 heavy (non-hydrogen) atoms. The van der Waals surface area contributed by atoms with Crippen LogP contribution in [0, 0.1) is 18.7 Å². The zero-order valence-corrected chi connectivity index (χ0v) is 16.6. The number of aryl methyl sites for hydroxylation is 1. The molecule has 0 unspecified atom stereocenters. The van der Waals surface area contributed by atoms with E-state index in [1.807, 2.05) is 19.1 Å². The van der Waals surface area contributed by atoms with Gasteiger partial charge in [0.15, 0.2) is 0 Å².